The molecule has 0 atom stereocenters. The molecule has 0 aliphatic rings. The molecule has 0 aliphatic carbocycles. The van der Waals surface area contributed by atoms with Gasteiger partial charge in [-0.15, -0.1) is 11.3 Å². The second-order valence-corrected chi connectivity index (χ2v) is 8.26. The summed E-state index contributed by atoms with van der Waals surface area (Å²) in [4.78, 5) is 30.3. The normalized spacial score (nSPS) is 11.1. The first-order valence-corrected chi connectivity index (χ1v) is 10.8. The zero-order valence-corrected chi connectivity index (χ0v) is 17.6. The third-order valence-corrected chi connectivity index (χ3v) is 6.04. The van der Waals surface area contributed by atoms with Gasteiger partial charge in [-0.25, -0.2) is 4.98 Å². The van der Waals surface area contributed by atoms with E-state index in [9.17, 15) is 9.59 Å². The van der Waals surface area contributed by atoms with Crippen molar-refractivity contribution in [2.24, 2.45) is 0 Å². The predicted molar refractivity (Wildman–Crippen MR) is 127 cm³/mol. The Hall–Kier alpha value is -3.77. The third kappa shape index (κ3) is 3.62. The highest BCUT2D eigenvalue weighted by molar-refractivity contribution is 7.14. The van der Waals surface area contributed by atoms with Crippen molar-refractivity contribution in [1.29, 1.82) is 0 Å². The van der Waals surface area contributed by atoms with Gasteiger partial charge in [0.2, 0.25) is 5.91 Å². The Morgan fingerprint density at radius 2 is 1.55 bits per heavy atom. The molecule has 3 aromatic carbocycles. The number of amides is 1. The first-order chi connectivity index (χ1) is 15.1. The van der Waals surface area contributed by atoms with E-state index in [0.29, 0.717) is 15.9 Å². The highest BCUT2D eigenvalue weighted by Crippen LogP contribution is 2.25. The van der Waals surface area contributed by atoms with Crippen LogP contribution in [0.5, 0.6) is 0 Å². The van der Waals surface area contributed by atoms with Crippen molar-refractivity contribution in [2.45, 2.75) is 13.5 Å². The largest absolute Gasteiger partial charge is 0.331 e. The van der Waals surface area contributed by atoms with Gasteiger partial charge in [-0.05, 0) is 31.2 Å². The Bertz CT molecular complexity index is 1420. The first kappa shape index (κ1) is 19.2. The fraction of sp³-hybridized carbons (Fsp3) is 0.0800. The van der Waals surface area contributed by atoms with Crippen LogP contribution in [0.15, 0.2) is 83.0 Å². The lowest BCUT2D eigenvalue weighted by atomic mass is 10.1. The third-order valence-electron chi connectivity index (χ3n) is 5.28. The van der Waals surface area contributed by atoms with E-state index in [-0.39, 0.29) is 17.9 Å². The van der Waals surface area contributed by atoms with Crippen LogP contribution < -0.4 is 10.7 Å². The van der Waals surface area contributed by atoms with E-state index >= 15 is 0 Å². The van der Waals surface area contributed by atoms with Gasteiger partial charge in [0.15, 0.2) is 10.6 Å². The summed E-state index contributed by atoms with van der Waals surface area (Å²) in [5.74, 6) is -0.191. The van der Waals surface area contributed by atoms with Gasteiger partial charge >= 0.3 is 0 Å². The van der Waals surface area contributed by atoms with Crippen molar-refractivity contribution in [1.82, 2.24) is 9.55 Å². The molecule has 0 saturated carbocycles. The number of carbonyl (C=O) groups excluding carboxylic acids is 1. The van der Waals surface area contributed by atoms with Crippen LogP contribution >= 0.6 is 11.3 Å². The lowest BCUT2D eigenvalue weighted by Crippen LogP contribution is -2.21. The number of nitrogens with one attached hydrogen (secondary N) is 1. The van der Waals surface area contributed by atoms with E-state index in [1.807, 2.05) is 77.5 Å². The van der Waals surface area contributed by atoms with Crippen LogP contribution in [-0.2, 0) is 11.3 Å². The molecule has 0 unspecified atom stereocenters. The van der Waals surface area contributed by atoms with E-state index in [1.54, 1.807) is 12.1 Å². The molecule has 1 N–H and O–H groups in total. The molecular weight excluding hydrogens is 406 g/mol. The maximum absolute atomic E-state index is 12.9. The van der Waals surface area contributed by atoms with Gasteiger partial charge in [-0.2, -0.15) is 0 Å². The summed E-state index contributed by atoms with van der Waals surface area (Å²) in [5.41, 5.74) is 4.49. The smallest absolute Gasteiger partial charge is 0.246 e. The van der Waals surface area contributed by atoms with Crippen LogP contribution in [0.2, 0.25) is 0 Å². The lowest BCUT2D eigenvalue weighted by Gasteiger charge is -2.14. The average molecular weight is 426 g/mol. The molecule has 5 aromatic rings. The van der Waals surface area contributed by atoms with Crippen molar-refractivity contribution in [3.63, 3.8) is 0 Å². The van der Waals surface area contributed by atoms with Crippen LogP contribution in [0.3, 0.4) is 0 Å². The zero-order chi connectivity index (χ0) is 21.4. The van der Waals surface area contributed by atoms with Crippen molar-refractivity contribution >= 4 is 44.2 Å². The van der Waals surface area contributed by atoms with Crippen molar-refractivity contribution in [3.05, 3.63) is 94.0 Å². The van der Waals surface area contributed by atoms with Gasteiger partial charge in [-0.3, -0.25) is 9.59 Å². The number of carbonyl (C=O) groups is 1. The molecule has 1 amide bonds. The maximum atomic E-state index is 12.9. The minimum Gasteiger partial charge on any atom is -0.331 e. The number of aryl methyl sites for hydroxylation is 1. The second kappa shape index (κ2) is 7.81. The Morgan fingerprint density at radius 3 is 2.19 bits per heavy atom. The number of thiazole rings is 1. The molecule has 31 heavy (non-hydrogen) atoms. The van der Waals surface area contributed by atoms with Gasteiger partial charge in [0.25, 0.3) is 0 Å². The zero-order valence-electron chi connectivity index (χ0n) is 16.8. The number of hydrogen-bond donors (Lipinski definition) is 1. The molecule has 0 radical (unpaired) electrons. The van der Waals surface area contributed by atoms with Gasteiger partial charge in [-0.1, -0.05) is 54.1 Å². The standard InChI is InChI=1S/C25H19N3O2S/c1-16-10-12-17(13-11-16)20-15-31-25(26-20)27-23(29)14-28-21-8-4-2-6-18(21)24(30)19-7-3-5-9-22(19)28/h2-13,15H,14H2,1H3,(H,26,27,29). The number of anilines is 1. The summed E-state index contributed by atoms with van der Waals surface area (Å²) in [5, 5.41) is 6.60. The van der Waals surface area contributed by atoms with Gasteiger partial charge in [0.1, 0.15) is 6.54 Å². The Balaban J connectivity index is 1.46. The Labute approximate surface area is 182 Å². The monoisotopic (exact) mass is 425 g/mol. The number of benzene rings is 3. The molecule has 6 heteroatoms. The molecule has 0 bridgehead atoms. The molecule has 0 spiro atoms. The van der Waals surface area contributed by atoms with Crippen LogP contribution in [0.4, 0.5) is 5.13 Å². The molecule has 0 aliphatic heterocycles. The topological polar surface area (TPSA) is 64.0 Å². The first-order valence-electron chi connectivity index (χ1n) is 9.93. The molecular formula is C25H19N3O2S. The number of aromatic nitrogens is 2. The summed E-state index contributed by atoms with van der Waals surface area (Å²) in [7, 11) is 0. The summed E-state index contributed by atoms with van der Waals surface area (Å²) < 4.78 is 1.88. The number of rotatable bonds is 4. The molecule has 2 heterocycles. The fourth-order valence-corrected chi connectivity index (χ4v) is 4.47. The van der Waals surface area contributed by atoms with E-state index in [1.165, 1.54) is 16.9 Å². The highest BCUT2D eigenvalue weighted by Gasteiger charge is 2.14. The lowest BCUT2D eigenvalue weighted by molar-refractivity contribution is -0.116. The summed E-state index contributed by atoms with van der Waals surface area (Å²) in [6.07, 6.45) is 0. The van der Waals surface area contributed by atoms with Crippen molar-refractivity contribution < 1.29 is 4.79 Å². The van der Waals surface area contributed by atoms with E-state index in [4.69, 9.17) is 0 Å². The van der Waals surface area contributed by atoms with Gasteiger partial charge in [0, 0.05) is 21.7 Å². The van der Waals surface area contributed by atoms with E-state index < -0.39 is 0 Å². The second-order valence-electron chi connectivity index (χ2n) is 7.40. The minimum atomic E-state index is -0.191. The molecule has 0 saturated heterocycles. The SMILES string of the molecule is Cc1ccc(-c2csc(NC(=O)Cn3c4ccccc4c(=O)c4ccccc43)n2)cc1. The molecule has 5 nitrogen and oxygen atoms in total. The fourth-order valence-electron chi connectivity index (χ4n) is 3.74. The molecule has 152 valence electrons. The number of fused-ring (bicyclic) bond motifs is 2. The number of pyridine rings is 1. The highest BCUT2D eigenvalue weighted by atomic mass is 32.1. The van der Waals surface area contributed by atoms with Crippen molar-refractivity contribution in [2.75, 3.05) is 5.32 Å². The van der Waals surface area contributed by atoms with Gasteiger partial charge < -0.3 is 9.88 Å². The minimum absolute atomic E-state index is 0.0227. The Kier molecular flexibility index (Phi) is 4.84. The van der Waals surface area contributed by atoms with E-state index in [0.717, 1.165) is 22.3 Å². The number of para-hydroxylation sites is 2. The van der Waals surface area contributed by atoms with Crippen LogP contribution in [0, 0.1) is 6.92 Å². The van der Waals surface area contributed by atoms with Crippen LogP contribution in [0.1, 0.15) is 5.56 Å². The summed E-state index contributed by atoms with van der Waals surface area (Å²) >= 11 is 1.39. The molecule has 2 aromatic heterocycles. The van der Waals surface area contributed by atoms with Crippen LogP contribution in [0.25, 0.3) is 33.1 Å². The van der Waals surface area contributed by atoms with Crippen molar-refractivity contribution in [3.8, 4) is 11.3 Å². The number of nitrogens with zero attached hydrogens (tertiary/aromatic N) is 2. The summed E-state index contributed by atoms with van der Waals surface area (Å²) in [6, 6.07) is 22.9. The molecule has 5 rings (SSSR count). The van der Waals surface area contributed by atoms with E-state index in [2.05, 4.69) is 10.3 Å². The average Bonchev–Trinajstić information content (AvgIpc) is 3.25. The predicted octanol–water partition coefficient (Wildman–Crippen LogP) is 5.23. The van der Waals surface area contributed by atoms with Crippen LogP contribution in [-0.4, -0.2) is 15.5 Å². The quantitative estimate of drug-likeness (QED) is 0.401. The van der Waals surface area contributed by atoms with Gasteiger partial charge in [0.05, 0.1) is 16.7 Å². The maximum Gasteiger partial charge on any atom is 0.246 e. The molecule has 0 fully saturated rings. The Morgan fingerprint density at radius 1 is 0.935 bits per heavy atom. The summed E-state index contributed by atoms with van der Waals surface area (Å²) in [6.45, 7) is 2.13. The number of hydrogen-bond acceptors (Lipinski definition) is 4.